The Morgan fingerprint density at radius 2 is 1.71 bits per heavy atom. The van der Waals surface area contributed by atoms with Crippen molar-refractivity contribution >= 4 is 33.2 Å². The van der Waals surface area contributed by atoms with Crippen LogP contribution in [-0.2, 0) is 26.0 Å². The number of anilines is 2. The van der Waals surface area contributed by atoms with Crippen molar-refractivity contribution in [2.24, 2.45) is 11.8 Å². The average molecular weight is 500 g/mol. The Bertz CT molecular complexity index is 1280. The number of piperidine rings is 1. The number of halogens is 1. The third-order valence-corrected chi connectivity index (χ3v) is 9.23. The van der Waals surface area contributed by atoms with E-state index in [0.717, 1.165) is 24.1 Å². The van der Waals surface area contributed by atoms with Crippen LogP contribution in [0.4, 0.5) is 15.8 Å². The molecular formula is C26H30FN3O4S. The van der Waals surface area contributed by atoms with Crippen molar-refractivity contribution in [2.45, 2.75) is 56.9 Å². The van der Waals surface area contributed by atoms with Gasteiger partial charge in [-0.25, -0.2) is 12.8 Å². The number of carbonyl (C=O) groups excluding carboxylic acids is 2. The Balaban J connectivity index is 1.25. The highest BCUT2D eigenvalue weighted by Gasteiger charge is 2.40. The van der Waals surface area contributed by atoms with Gasteiger partial charge in [-0.15, -0.1) is 0 Å². The number of aryl methyl sites for hydroxylation is 1. The maximum Gasteiger partial charge on any atom is 0.243 e. The van der Waals surface area contributed by atoms with Crippen LogP contribution < -0.4 is 10.2 Å². The van der Waals surface area contributed by atoms with E-state index in [1.54, 1.807) is 25.1 Å². The lowest BCUT2D eigenvalue weighted by Crippen LogP contribution is -2.41. The lowest BCUT2D eigenvalue weighted by atomic mass is 9.97. The van der Waals surface area contributed by atoms with E-state index in [9.17, 15) is 22.4 Å². The first-order chi connectivity index (χ1) is 16.6. The summed E-state index contributed by atoms with van der Waals surface area (Å²) < 4.78 is 41.5. The molecular weight excluding hydrogens is 469 g/mol. The quantitative estimate of drug-likeness (QED) is 0.677. The second kappa shape index (κ2) is 9.02. The Kier molecular flexibility index (Phi) is 6.17. The first kappa shape index (κ1) is 23.9. The molecule has 2 amide bonds. The Morgan fingerprint density at radius 3 is 2.37 bits per heavy atom. The molecule has 0 aromatic heterocycles. The third-order valence-electron chi connectivity index (χ3n) is 7.34. The fourth-order valence-electron chi connectivity index (χ4n) is 5.14. The molecule has 1 saturated carbocycles. The van der Waals surface area contributed by atoms with E-state index in [-0.39, 0.29) is 53.5 Å². The van der Waals surface area contributed by atoms with Crippen LogP contribution in [-0.4, -0.2) is 43.7 Å². The molecule has 5 rings (SSSR count). The molecule has 1 N–H and O–H groups in total. The first-order valence-electron chi connectivity index (χ1n) is 12.2. The summed E-state index contributed by atoms with van der Waals surface area (Å²) in [5, 5.41) is 2.84. The van der Waals surface area contributed by atoms with Gasteiger partial charge in [-0.2, -0.15) is 4.31 Å². The smallest absolute Gasteiger partial charge is 0.243 e. The van der Waals surface area contributed by atoms with Gasteiger partial charge in [-0.05, 0) is 93.5 Å². The highest BCUT2D eigenvalue weighted by atomic mass is 32.2. The standard InChI is InChI=1S/C26H30FN3O4S/c1-16-13-21(27)5-7-23(16)28-25(31)18-9-11-29(12-10-18)35(33,34)22-6-8-24-20(15-22)14-17(2)30(24)26(32)19-3-4-19/h5-8,13,15,17-19H,3-4,9-12,14H2,1-2H3,(H,28,31)/t17-/m1/s1. The summed E-state index contributed by atoms with van der Waals surface area (Å²) >= 11 is 0. The second-order valence-corrected chi connectivity index (χ2v) is 11.9. The molecule has 0 radical (unpaired) electrons. The predicted octanol–water partition coefficient (Wildman–Crippen LogP) is 3.86. The summed E-state index contributed by atoms with van der Waals surface area (Å²) in [6, 6.07) is 9.29. The zero-order valence-electron chi connectivity index (χ0n) is 20.0. The number of amides is 2. The molecule has 1 aliphatic carbocycles. The molecule has 2 heterocycles. The molecule has 0 unspecified atom stereocenters. The predicted molar refractivity (Wildman–Crippen MR) is 131 cm³/mol. The van der Waals surface area contributed by atoms with Crippen LogP contribution in [0.1, 0.15) is 43.7 Å². The minimum absolute atomic E-state index is 0.0232. The van der Waals surface area contributed by atoms with Gasteiger partial charge in [0, 0.05) is 42.3 Å². The molecule has 7 nitrogen and oxygen atoms in total. The molecule has 2 aromatic carbocycles. The van der Waals surface area contributed by atoms with Gasteiger partial charge in [-0.1, -0.05) is 0 Å². The summed E-state index contributed by atoms with van der Waals surface area (Å²) in [7, 11) is -3.71. The van der Waals surface area contributed by atoms with Gasteiger partial charge in [-0.3, -0.25) is 9.59 Å². The highest BCUT2D eigenvalue weighted by molar-refractivity contribution is 7.89. The molecule has 2 fully saturated rings. The number of fused-ring (bicyclic) bond motifs is 1. The minimum Gasteiger partial charge on any atom is -0.326 e. The Morgan fingerprint density at radius 1 is 1.00 bits per heavy atom. The average Bonchev–Trinajstić information content (AvgIpc) is 3.62. The molecule has 2 aliphatic heterocycles. The molecule has 3 aliphatic rings. The summed E-state index contributed by atoms with van der Waals surface area (Å²) in [5.41, 5.74) is 2.91. The number of carbonyl (C=O) groups is 2. The zero-order valence-corrected chi connectivity index (χ0v) is 20.8. The van der Waals surface area contributed by atoms with Crippen LogP contribution in [0.2, 0.25) is 0 Å². The molecule has 186 valence electrons. The summed E-state index contributed by atoms with van der Waals surface area (Å²) in [6.45, 7) is 4.23. The number of sulfonamides is 1. The van der Waals surface area contributed by atoms with Crippen LogP contribution in [0, 0.1) is 24.6 Å². The Labute approximate surface area is 205 Å². The van der Waals surface area contributed by atoms with Gasteiger partial charge in [0.1, 0.15) is 5.82 Å². The van der Waals surface area contributed by atoms with Gasteiger partial charge < -0.3 is 10.2 Å². The monoisotopic (exact) mass is 499 g/mol. The van der Waals surface area contributed by atoms with E-state index in [1.807, 2.05) is 11.8 Å². The number of hydrogen-bond donors (Lipinski definition) is 1. The van der Waals surface area contributed by atoms with Crippen LogP contribution in [0.3, 0.4) is 0 Å². The summed E-state index contributed by atoms with van der Waals surface area (Å²) in [5.74, 6) is -0.597. The third kappa shape index (κ3) is 4.59. The normalized spacial score (nSPS) is 21.1. The number of nitrogens with one attached hydrogen (secondary N) is 1. The van der Waals surface area contributed by atoms with E-state index in [1.165, 1.54) is 22.5 Å². The van der Waals surface area contributed by atoms with Crippen molar-refractivity contribution in [3.05, 3.63) is 53.3 Å². The fraction of sp³-hybridized carbons (Fsp3) is 0.462. The lowest BCUT2D eigenvalue weighted by molar-refractivity contribution is -0.121. The van der Waals surface area contributed by atoms with Crippen molar-refractivity contribution < 1.29 is 22.4 Å². The molecule has 1 atom stereocenters. The topological polar surface area (TPSA) is 86.8 Å². The van der Waals surface area contributed by atoms with Gasteiger partial charge in [0.2, 0.25) is 21.8 Å². The number of hydrogen-bond acceptors (Lipinski definition) is 4. The van der Waals surface area contributed by atoms with Crippen molar-refractivity contribution in [1.82, 2.24) is 4.31 Å². The van der Waals surface area contributed by atoms with Crippen molar-refractivity contribution in [3.63, 3.8) is 0 Å². The first-order valence-corrected chi connectivity index (χ1v) is 13.6. The molecule has 0 bridgehead atoms. The summed E-state index contributed by atoms with van der Waals surface area (Å²) in [4.78, 5) is 27.5. The van der Waals surface area contributed by atoms with E-state index >= 15 is 0 Å². The number of rotatable bonds is 5. The lowest BCUT2D eigenvalue weighted by Gasteiger charge is -2.30. The largest absolute Gasteiger partial charge is 0.326 e. The maximum absolute atomic E-state index is 13.4. The number of nitrogens with zero attached hydrogens (tertiary/aromatic N) is 2. The SMILES string of the molecule is Cc1cc(F)ccc1NC(=O)C1CCN(S(=O)(=O)c2ccc3c(c2)C[C@@H](C)N3C(=O)C2CC2)CC1. The minimum atomic E-state index is -3.71. The molecule has 2 aromatic rings. The molecule has 0 spiro atoms. The van der Waals surface area contributed by atoms with Gasteiger partial charge in [0.15, 0.2) is 0 Å². The maximum atomic E-state index is 13.4. The van der Waals surface area contributed by atoms with E-state index < -0.39 is 10.0 Å². The zero-order chi connectivity index (χ0) is 24.9. The van der Waals surface area contributed by atoms with E-state index in [4.69, 9.17) is 0 Å². The molecule has 1 saturated heterocycles. The summed E-state index contributed by atoms with van der Waals surface area (Å²) in [6.07, 6.45) is 3.33. The highest BCUT2D eigenvalue weighted by Crippen LogP contribution is 2.40. The van der Waals surface area contributed by atoms with Crippen molar-refractivity contribution in [2.75, 3.05) is 23.3 Å². The second-order valence-electron chi connectivity index (χ2n) is 9.95. The van der Waals surface area contributed by atoms with Crippen molar-refractivity contribution in [3.8, 4) is 0 Å². The van der Waals surface area contributed by atoms with Crippen LogP contribution in [0.25, 0.3) is 0 Å². The van der Waals surface area contributed by atoms with E-state index in [0.29, 0.717) is 30.5 Å². The van der Waals surface area contributed by atoms with Crippen LogP contribution >= 0.6 is 0 Å². The molecule has 35 heavy (non-hydrogen) atoms. The van der Waals surface area contributed by atoms with Crippen LogP contribution in [0.15, 0.2) is 41.3 Å². The van der Waals surface area contributed by atoms with Gasteiger partial charge >= 0.3 is 0 Å². The van der Waals surface area contributed by atoms with E-state index in [2.05, 4.69) is 5.32 Å². The van der Waals surface area contributed by atoms with Gasteiger partial charge in [0.25, 0.3) is 0 Å². The van der Waals surface area contributed by atoms with Crippen molar-refractivity contribution in [1.29, 1.82) is 0 Å². The fourth-order valence-corrected chi connectivity index (χ4v) is 6.66. The molecule has 9 heteroatoms. The van der Waals surface area contributed by atoms with Gasteiger partial charge in [0.05, 0.1) is 4.90 Å². The van der Waals surface area contributed by atoms with Crippen LogP contribution in [0.5, 0.6) is 0 Å². The number of benzene rings is 2. The Hall–Kier alpha value is -2.78.